The predicted octanol–water partition coefficient (Wildman–Crippen LogP) is 0.856. The third-order valence-corrected chi connectivity index (χ3v) is 1.75. The SMILES string of the molecule is O=C(O)c1cccc(OP(=O)(O)O)c1. The van der Waals surface area contributed by atoms with Gasteiger partial charge in [0.1, 0.15) is 5.75 Å². The Morgan fingerprint density at radius 2 is 2.00 bits per heavy atom. The molecule has 76 valence electrons. The number of rotatable bonds is 3. The Bertz CT molecular complexity index is 395. The van der Waals surface area contributed by atoms with Crippen LogP contribution in [0.5, 0.6) is 5.75 Å². The molecular weight excluding hydrogens is 211 g/mol. The Labute approximate surface area is 79.0 Å². The van der Waals surface area contributed by atoms with Gasteiger partial charge in [0.2, 0.25) is 0 Å². The van der Waals surface area contributed by atoms with E-state index in [1.165, 1.54) is 18.2 Å². The second-order valence-electron chi connectivity index (χ2n) is 2.41. The second kappa shape index (κ2) is 3.79. The Balaban J connectivity index is 2.95. The topological polar surface area (TPSA) is 104 Å². The van der Waals surface area contributed by atoms with E-state index in [2.05, 4.69) is 4.52 Å². The van der Waals surface area contributed by atoms with Crippen LogP contribution in [0, 0.1) is 0 Å². The molecule has 0 heterocycles. The molecule has 14 heavy (non-hydrogen) atoms. The van der Waals surface area contributed by atoms with Gasteiger partial charge in [0.05, 0.1) is 5.56 Å². The Morgan fingerprint density at radius 3 is 2.50 bits per heavy atom. The normalized spacial score (nSPS) is 11.0. The van der Waals surface area contributed by atoms with Crippen LogP contribution in [0.2, 0.25) is 0 Å². The van der Waals surface area contributed by atoms with Crippen LogP contribution >= 0.6 is 7.82 Å². The van der Waals surface area contributed by atoms with Crippen molar-refractivity contribution < 1.29 is 28.8 Å². The highest BCUT2D eigenvalue weighted by atomic mass is 31.2. The van der Waals surface area contributed by atoms with Crippen molar-refractivity contribution in [2.75, 3.05) is 0 Å². The van der Waals surface area contributed by atoms with E-state index in [1.54, 1.807) is 0 Å². The van der Waals surface area contributed by atoms with Gasteiger partial charge in [-0.05, 0) is 18.2 Å². The lowest BCUT2D eigenvalue weighted by Gasteiger charge is -2.06. The first-order valence-corrected chi connectivity index (χ1v) is 5.00. The Morgan fingerprint density at radius 1 is 1.36 bits per heavy atom. The number of carboxylic acids is 1. The number of hydrogen-bond donors (Lipinski definition) is 3. The summed E-state index contributed by atoms with van der Waals surface area (Å²) < 4.78 is 14.6. The van der Waals surface area contributed by atoms with Crippen molar-refractivity contribution in [1.29, 1.82) is 0 Å². The first-order chi connectivity index (χ1) is 6.38. The first kappa shape index (κ1) is 10.7. The van der Waals surface area contributed by atoms with E-state index < -0.39 is 13.8 Å². The van der Waals surface area contributed by atoms with Crippen molar-refractivity contribution in [3.63, 3.8) is 0 Å². The van der Waals surface area contributed by atoms with E-state index in [-0.39, 0.29) is 11.3 Å². The molecule has 0 atom stereocenters. The molecule has 0 bridgehead atoms. The second-order valence-corrected chi connectivity index (χ2v) is 3.58. The number of aromatic carboxylic acids is 1. The molecule has 1 rings (SSSR count). The zero-order valence-corrected chi connectivity index (χ0v) is 7.72. The number of phosphoric ester groups is 1. The minimum atomic E-state index is -4.63. The maximum Gasteiger partial charge on any atom is 0.524 e. The maximum atomic E-state index is 10.5. The smallest absolute Gasteiger partial charge is 0.478 e. The largest absolute Gasteiger partial charge is 0.524 e. The highest BCUT2D eigenvalue weighted by Crippen LogP contribution is 2.37. The average molecular weight is 218 g/mol. The molecule has 0 aromatic heterocycles. The van der Waals surface area contributed by atoms with Crippen molar-refractivity contribution in [1.82, 2.24) is 0 Å². The summed E-state index contributed by atoms with van der Waals surface area (Å²) in [5.41, 5.74) is -0.101. The first-order valence-electron chi connectivity index (χ1n) is 3.47. The molecule has 0 saturated heterocycles. The summed E-state index contributed by atoms with van der Waals surface area (Å²) in [5.74, 6) is -1.38. The van der Waals surface area contributed by atoms with Crippen LogP contribution in [-0.2, 0) is 4.57 Å². The highest BCUT2D eigenvalue weighted by molar-refractivity contribution is 7.46. The molecule has 1 aromatic carbocycles. The molecule has 0 aliphatic rings. The summed E-state index contributed by atoms with van der Waals surface area (Å²) in [6, 6.07) is 4.90. The van der Waals surface area contributed by atoms with E-state index in [9.17, 15) is 9.36 Å². The highest BCUT2D eigenvalue weighted by Gasteiger charge is 2.16. The lowest BCUT2D eigenvalue weighted by molar-refractivity contribution is 0.0696. The molecule has 0 unspecified atom stereocenters. The van der Waals surface area contributed by atoms with E-state index in [4.69, 9.17) is 14.9 Å². The molecule has 0 spiro atoms. The van der Waals surface area contributed by atoms with Gasteiger partial charge in [0, 0.05) is 0 Å². The number of phosphoric acid groups is 1. The van der Waals surface area contributed by atoms with Gasteiger partial charge < -0.3 is 9.63 Å². The third kappa shape index (κ3) is 3.18. The number of carbonyl (C=O) groups is 1. The molecule has 0 saturated carbocycles. The fourth-order valence-electron chi connectivity index (χ4n) is 0.823. The van der Waals surface area contributed by atoms with E-state index in [0.717, 1.165) is 6.07 Å². The monoisotopic (exact) mass is 218 g/mol. The van der Waals surface area contributed by atoms with Crippen LogP contribution in [0.25, 0.3) is 0 Å². The molecule has 0 aliphatic carbocycles. The van der Waals surface area contributed by atoms with Crippen molar-refractivity contribution in [3.8, 4) is 5.75 Å². The molecule has 3 N–H and O–H groups in total. The molecular formula is C7H7O6P. The lowest BCUT2D eigenvalue weighted by atomic mass is 10.2. The summed E-state index contributed by atoms with van der Waals surface area (Å²) in [5, 5.41) is 8.56. The number of hydrogen-bond acceptors (Lipinski definition) is 3. The molecule has 0 amide bonds. The van der Waals surface area contributed by atoms with Crippen molar-refractivity contribution in [3.05, 3.63) is 29.8 Å². The molecule has 0 aliphatic heterocycles. The van der Waals surface area contributed by atoms with Crippen molar-refractivity contribution in [2.45, 2.75) is 0 Å². The minimum absolute atomic E-state index is 0.101. The maximum absolute atomic E-state index is 10.5. The summed E-state index contributed by atoms with van der Waals surface area (Å²) in [6.07, 6.45) is 0. The van der Waals surface area contributed by atoms with Gasteiger partial charge in [-0.1, -0.05) is 6.07 Å². The van der Waals surface area contributed by atoms with Crippen molar-refractivity contribution in [2.24, 2.45) is 0 Å². The fourth-order valence-corrected chi connectivity index (χ4v) is 1.21. The van der Waals surface area contributed by atoms with Crippen LogP contribution in [0.15, 0.2) is 24.3 Å². The quantitative estimate of drug-likeness (QED) is 0.650. The summed E-state index contributed by atoms with van der Waals surface area (Å²) >= 11 is 0. The van der Waals surface area contributed by atoms with E-state index in [0.29, 0.717) is 0 Å². The predicted molar refractivity (Wildman–Crippen MR) is 46.1 cm³/mol. The molecule has 6 nitrogen and oxygen atoms in total. The van der Waals surface area contributed by atoms with Gasteiger partial charge in [0.25, 0.3) is 0 Å². The zero-order valence-electron chi connectivity index (χ0n) is 6.82. The van der Waals surface area contributed by atoms with Crippen molar-refractivity contribution >= 4 is 13.8 Å². The van der Waals surface area contributed by atoms with Crippen LogP contribution in [-0.4, -0.2) is 20.9 Å². The minimum Gasteiger partial charge on any atom is -0.478 e. The zero-order chi connectivity index (χ0) is 10.8. The lowest BCUT2D eigenvalue weighted by Crippen LogP contribution is -1.97. The van der Waals surface area contributed by atoms with E-state index in [1.807, 2.05) is 0 Å². The number of benzene rings is 1. The van der Waals surface area contributed by atoms with Gasteiger partial charge in [-0.15, -0.1) is 0 Å². The fraction of sp³-hybridized carbons (Fsp3) is 0. The summed E-state index contributed by atoms with van der Waals surface area (Å²) in [4.78, 5) is 27.4. The van der Waals surface area contributed by atoms with E-state index >= 15 is 0 Å². The summed E-state index contributed by atoms with van der Waals surface area (Å²) in [7, 11) is -4.63. The Kier molecular flexibility index (Phi) is 2.90. The van der Waals surface area contributed by atoms with Crippen LogP contribution in [0.1, 0.15) is 10.4 Å². The standard InChI is InChI=1S/C7H7O6P/c8-7(9)5-2-1-3-6(4-5)13-14(10,11)12/h1-4H,(H,8,9)(H2,10,11,12). The molecule has 0 radical (unpaired) electrons. The van der Waals surface area contributed by atoms with Crippen LogP contribution < -0.4 is 4.52 Å². The van der Waals surface area contributed by atoms with Gasteiger partial charge in [-0.25, -0.2) is 9.36 Å². The van der Waals surface area contributed by atoms with Gasteiger partial charge in [0.15, 0.2) is 0 Å². The Hall–Kier alpha value is -1.36. The molecule has 0 fully saturated rings. The average Bonchev–Trinajstić information content (AvgIpc) is 2.01. The third-order valence-electron chi connectivity index (χ3n) is 1.31. The van der Waals surface area contributed by atoms with Gasteiger partial charge in [-0.2, -0.15) is 0 Å². The molecule has 1 aromatic rings. The van der Waals surface area contributed by atoms with Gasteiger partial charge in [-0.3, -0.25) is 9.79 Å². The van der Waals surface area contributed by atoms with Crippen LogP contribution in [0.3, 0.4) is 0 Å². The summed E-state index contributed by atoms with van der Waals surface area (Å²) in [6.45, 7) is 0. The van der Waals surface area contributed by atoms with Gasteiger partial charge >= 0.3 is 13.8 Å². The number of carboxylic acid groups (broad SMARTS) is 1. The molecule has 7 heteroatoms. The van der Waals surface area contributed by atoms with Crippen LogP contribution in [0.4, 0.5) is 0 Å².